The zero-order chi connectivity index (χ0) is 10.2. The van der Waals surface area contributed by atoms with E-state index in [0.29, 0.717) is 0 Å². The first-order valence-corrected chi connectivity index (χ1v) is 5.54. The second-order valence-corrected chi connectivity index (χ2v) is 3.82. The Labute approximate surface area is 87.7 Å². The Morgan fingerprint density at radius 3 is 2.14 bits per heavy atom. The number of hydrogen-bond donors (Lipinski definition) is 0. The molecule has 0 spiro atoms. The molecule has 1 aromatic carbocycles. The molecule has 2 rings (SSSR count). The van der Waals surface area contributed by atoms with Gasteiger partial charge in [0.25, 0.3) is 0 Å². The summed E-state index contributed by atoms with van der Waals surface area (Å²) in [5.41, 5.74) is 1.17. The van der Waals surface area contributed by atoms with Gasteiger partial charge in [0.1, 0.15) is 0 Å². The Kier molecular flexibility index (Phi) is 5.06. The predicted octanol–water partition coefficient (Wildman–Crippen LogP) is 4.53. The predicted molar refractivity (Wildman–Crippen MR) is 64.2 cm³/mol. The fraction of sp³-hybridized carbons (Fsp3) is 0.429. The van der Waals surface area contributed by atoms with Gasteiger partial charge in [-0.05, 0) is 11.5 Å². The minimum Gasteiger partial charge on any atom is -0.0985 e. The molecule has 0 aliphatic heterocycles. The molecule has 0 unspecified atom stereocenters. The minimum absolute atomic E-state index is 1.12. The van der Waals surface area contributed by atoms with Crippen LogP contribution in [0.2, 0.25) is 0 Å². The normalized spacial score (nSPS) is 14.9. The fourth-order valence-electron chi connectivity index (χ4n) is 1.49. The van der Waals surface area contributed by atoms with Gasteiger partial charge in [-0.25, -0.2) is 0 Å². The molecular formula is C14H20. The summed E-state index contributed by atoms with van der Waals surface area (Å²) in [7, 11) is 0. The van der Waals surface area contributed by atoms with Gasteiger partial charge in [-0.1, -0.05) is 75.6 Å². The van der Waals surface area contributed by atoms with Crippen LogP contribution in [0, 0.1) is 5.92 Å². The summed E-state index contributed by atoms with van der Waals surface area (Å²) in [6, 6.07) is 10.0. The van der Waals surface area contributed by atoms with Gasteiger partial charge in [-0.15, -0.1) is 0 Å². The van der Waals surface area contributed by atoms with Crippen LogP contribution in [-0.2, 0) is 0 Å². The van der Waals surface area contributed by atoms with E-state index in [1.54, 1.807) is 0 Å². The second-order valence-electron chi connectivity index (χ2n) is 3.82. The molecule has 0 heteroatoms. The SMILES string of the molecule is C=Cc1ccccc1.CCC1CCC1. The summed E-state index contributed by atoms with van der Waals surface area (Å²) in [5, 5.41) is 0. The minimum atomic E-state index is 1.12. The Morgan fingerprint density at radius 2 is 1.93 bits per heavy atom. The van der Waals surface area contributed by atoms with Crippen molar-refractivity contribution in [3.63, 3.8) is 0 Å². The zero-order valence-electron chi connectivity index (χ0n) is 9.08. The van der Waals surface area contributed by atoms with Crippen LogP contribution in [-0.4, -0.2) is 0 Å². The van der Waals surface area contributed by atoms with Crippen molar-refractivity contribution < 1.29 is 0 Å². The summed E-state index contributed by atoms with van der Waals surface area (Å²) in [6.45, 7) is 5.91. The molecule has 0 radical (unpaired) electrons. The van der Waals surface area contributed by atoms with Crippen molar-refractivity contribution in [2.24, 2.45) is 5.92 Å². The molecule has 14 heavy (non-hydrogen) atoms. The topological polar surface area (TPSA) is 0 Å². The van der Waals surface area contributed by atoms with Gasteiger partial charge in [-0.3, -0.25) is 0 Å². The number of hydrogen-bond acceptors (Lipinski definition) is 0. The van der Waals surface area contributed by atoms with E-state index in [4.69, 9.17) is 0 Å². The number of rotatable bonds is 2. The molecule has 76 valence electrons. The zero-order valence-corrected chi connectivity index (χ0v) is 9.08. The van der Waals surface area contributed by atoms with E-state index in [0.717, 1.165) is 5.92 Å². The van der Waals surface area contributed by atoms with E-state index in [1.165, 1.54) is 31.2 Å². The average Bonchev–Trinajstić information content (AvgIpc) is 2.18. The lowest BCUT2D eigenvalue weighted by Gasteiger charge is -2.22. The average molecular weight is 188 g/mol. The highest BCUT2D eigenvalue weighted by Crippen LogP contribution is 2.28. The second kappa shape index (κ2) is 6.42. The maximum atomic E-state index is 3.63. The third-order valence-electron chi connectivity index (χ3n) is 2.84. The summed E-state index contributed by atoms with van der Waals surface area (Å²) < 4.78 is 0. The maximum absolute atomic E-state index is 3.63. The van der Waals surface area contributed by atoms with E-state index in [1.807, 2.05) is 36.4 Å². The quantitative estimate of drug-likeness (QED) is 0.640. The molecule has 0 saturated heterocycles. The molecule has 0 nitrogen and oxygen atoms in total. The van der Waals surface area contributed by atoms with E-state index in [-0.39, 0.29) is 0 Å². The van der Waals surface area contributed by atoms with Crippen LogP contribution in [0.4, 0.5) is 0 Å². The molecule has 0 N–H and O–H groups in total. The molecule has 0 atom stereocenters. The molecule has 0 amide bonds. The number of benzene rings is 1. The van der Waals surface area contributed by atoms with Gasteiger partial charge in [0.05, 0.1) is 0 Å². The van der Waals surface area contributed by atoms with Crippen molar-refractivity contribution in [1.29, 1.82) is 0 Å². The first-order valence-electron chi connectivity index (χ1n) is 5.54. The summed E-state index contributed by atoms with van der Waals surface area (Å²) in [5.74, 6) is 1.12. The van der Waals surface area contributed by atoms with Crippen molar-refractivity contribution in [2.75, 3.05) is 0 Å². The fourth-order valence-corrected chi connectivity index (χ4v) is 1.49. The van der Waals surface area contributed by atoms with Gasteiger partial charge in [0.2, 0.25) is 0 Å². The van der Waals surface area contributed by atoms with Gasteiger partial charge in [0, 0.05) is 0 Å². The molecule has 1 fully saturated rings. The van der Waals surface area contributed by atoms with Crippen LogP contribution in [0.15, 0.2) is 36.9 Å². The van der Waals surface area contributed by atoms with E-state index in [9.17, 15) is 0 Å². The van der Waals surface area contributed by atoms with Crippen LogP contribution in [0.5, 0.6) is 0 Å². The third-order valence-corrected chi connectivity index (χ3v) is 2.84. The monoisotopic (exact) mass is 188 g/mol. The van der Waals surface area contributed by atoms with Gasteiger partial charge in [0.15, 0.2) is 0 Å². The van der Waals surface area contributed by atoms with E-state index < -0.39 is 0 Å². The third kappa shape index (κ3) is 3.78. The van der Waals surface area contributed by atoms with Crippen molar-refractivity contribution in [2.45, 2.75) is 32.6 Å². The van der Waals surface area contributed by atoms with E-state index in [2.05, 4.69) is 13.5 Å². The van der Waals surface area contributed by atoms with E-state index >= 15 is 0 Å². The van der Waals surface area contributed by atoms with Gasteiger partial charge < -0.3 is 0 Å². The molecule has 0 bridgehead atoms. The highest BCUT2D eigenvalue weighted by atomic mass is 14.2. The lowest BCUT2D eigenvalue weighted by molar-refractivity contribution is 0.307. The standard InChI is InChI=1S/C8H8.C6H12/c1-2-8-6-4-3-5-7-8;1-2-6-4-3-5-6/h2-7H,1H2;6H,2-5H2,1H3. The van der Waals surface area contributed by atoms with Crippen LogP contribution >= 0.6 is 0 Å². The molecular weight excluding hydrogens is 168 g/mol. The highest BCUT2D eigenvalue weighted by molar-refractivity contribution is 5.45. The van der Waals surface area contributed by atoms with Crippen molar-refractivity contribution in [1.82, 2.24) is 0 Å². The molecule has 1 saturated carbocycles. The summed E-state index contributed by atoms with van der Waals surface area (Å²) in [6.07, 6.45) is 7.77. The van der Waals surface area contributed by atoms with Crippen molar-refractivity contribution in [3.05, 3.63) is 42.5 Å². The van der Waals surface area contributed by atoms with Crippen LogP contribution in [0.3, 0.4) is 0 Å². The largest absolute Gasteiger partial charge is 0.0985 e. The molecule has 0 aromatic heterocycles. The Balaban J connectivity index is 0.000000146. The maximum Gasteiger partial charge on any atom is -0.0263 e. The summed E-state index contributed by atoms with van der Waals surface area (Å²) in [4.78, 5) is 0. The Bertz CT molecular complexity index is 241. The van der Waals surface area contributed by atoms with Crippen LogP contribution in [0.25, 0.3) is 6.08 Å². The first-order chi connectivity index (χ1) is 6.86. The highest BCUT2D eigenvalue weighted by Gasteiger charge is 2.13. The van der Waals surface area contributed by atoms with Gasteiger partial charge >= 0.3 is 0 Å². The Morgan fingerprint density at radius 1 is 1.29 bits per heavy atom. The van der Waals surface area contributed by atoms with Crippen molar-refractivity contribution >= 4 is 6.08 Å². The molecule has 0 heterocycles. The first kappa shape index (κ1) is 11.0. The Hall–Kier alpha value is -1.04. The molecule has 1 aromatic rings. The molecule has 1 aliphatic carbocycles. The summed E-state index contributed by atoms with van der Waals surface area (Å²) >= 11 is 0. The lowest BCUT2D eigenvalue weighted by Crippen LogP contribution is -2.08. The smallest absolute Gasteiger partial charge is 0.0263 e. The van der Waals surface area contributed by atoms with Crippen LogP contribution in [0.1, 0.15) is 38.2 Å². The van der Waals surface area contributed by atoms with Gasteiger partial charge in [-0.2, -0.15) is 0 Å². The molecule has 1 aliphatic rings. The van der Waals surface area contributed by atoms with Crippen molar-refractivity contribution in [3.8, 4) is 0 Å². The lowest BCUT2D eigenvalue weighted by atomic mass is 9.84. The van der Waals surface area contributed by atoms with Crippen LogP contribution < -0.4 is 0 Å².